The van der Waals surface area contributed by atoms with E-state index in [1.165, 1.54) is 266 Å². The predicted octanol–water partition coefficient (Wildman–Crippen LogP) is 34.7. The van der Waals surface area contributed by atoms with E-state index >= 15 is 0 Å². The Kier molecular flexibility index (Phi) is 16.8. The first kappa shape index (κ1) is 79.5. The van der Waals surface area contributed by atoms with Crippen molar-refractivity contribution in [1.29, 1.82) is 0 Å². The molecule has 22 aromatic carbocycles. The van der Waals surface area contributed by atoms with Crippen LogP contribution in [0, 0.1) is 0 Å². The van der Waals surface area contributed by atoms with Crippen molar-refractivity contribution in [1.82, 2.24) is 13.7 Å². The minimum absolute atomic E-state index is 0.0728. The van der Waals surface area contributed by atoms with Gasteiger partial charge in [-0.3, -0.25) is 0 Å². The molecule has 0 bridgehead atoms. The van der Waals surface area contributed by atoms with E-state index in [9.17, 15) is 0 Å². The highest BCUT2D eigenvalue weighted by Crippen LogP contribution is 2.69. The standard InChI is InChI=1S/C49H31N.C46H31N.C43H27N/c1-3-13-32(14-4-1)34-23-26-36(27-24-34)50-46-30-25-35(33-15-5-2-6-16-33)31-41(46)39-28-29-45-47(48(39)50)40-19-9-12-22-44(40)49(45)42-20-10-7-17-37(42)38-18-8-11-21-43(38)49;1-45(2)36-18-8-3-13-29(36)32-24-23-28(27-41(32)45)47-42-22-12-7-16-33(42)34-25-26-40-43(44(34)47)35-17-6-11-21-39(35)46(40)37-19-9-4-14-30(37)31-15-5-10-20-38(31)46;1-2-12-28(13-3-1)29-22-24-30(25-23-29)44-40-21-11-7-16-33(40)34-26-27-39-41(42(34)44)35-17-6-10-20-38(35)43(39)36-18-8-4-14-31(36)32-15-5-9-19-37(32)43/h1-31H;3-27H,1-2H3;1-27H. The maximum atomic E-state index is 2.56. The highest BCUT2D eigenvalue weighted by Gasteiger charge is 2.56. The Bertz CT molecular complexity index is 9490. The lowest BCUT2D eigenvalue weighted by Gasteiger charge is -2.30. The number of hydrogen-bond acceptors (Lipinski definition) is 0. The number of rotatable bonds is 6. The largest absolute Gasteiger partial charge is 0.309 e. The van der Waals surface area contributed by atoms with Crippen LogP contribution >= 0.6 is 0 Å². The van der Waals surface area contributed by atoms with E-state index in [-0.39, 0.29) is 21.7 Å². The number of benzene rings is 22. The third kappa shape index (κ3) is 10.7. The van der Waals surface area contributed by atoms with Crippen molar-refractivity contribution in [3.8, 4) is 128 Å². The van der Waals surface area contributed by atoms with Gasteiger partial charge >= 0.3 is 0 Å². The lowest BCUT2D eigenvalue weighted by atomic mass is 9.70. The van der Waals surface area contributed by atoms with Gasteiger partial charge in [0.15, 0.2) is 0 Å². The zero-order valence-electron chi connectivity index (χ0n) is 77.8. The number of para-hydroxylation sites is 2. The van der Waals surface area contributed by atoms with Crippen LogP contribution in [0.5, 0.6) is 0 Å². The summed E-state index contributed by atoms with van der Waals surface area (Å²) in [5.74, 6) is 0. The van der Waals surface area contributed by atoms with E-state index in [0.29, 0.717) is 0 Å². The summed E-state index contributed by atoms with van der Waals surface area (Å²) < 4.78 is 7.59. The molecule has 3 heterocycles. The predicted molar refractivity (Wildman–Crippen MR) is 585 cm³/mol. The smallest absolute Gasteiger partial charge is 0.0726 e. The SMILES string of the molecule is CC1(C)c2ccccc2-c2ccc(-n3c4ccccc4c4ccc5c(c43)-c3ccccc3C53c4ccccc4-c4ccccc43)cc21.c1ccc(-c2ccc(-n3c4ccc(-c5ccccc5)cc4c4ccc5c(c43)-c3ccccc3C53c4ccccc4-c4ccccc43)cc2)cc1.c1ccc(-c2ccc(-n3c4ccccc4c4ccc5c(c43)-c3ccccc3C53c4ccccc4-c4ccccc43)cc2)cc1. The molecule has 0 atom stereocenters. The third-order valence-corrected chi connectivity index (χ3v) is 32.9. The zero-order chi connectivity index (χ0) is 92.7. The third-order valence-electron chi connectivity index (χ3n) is 32.9. The fourth-order valence-electron chi connectivity index (χ4n) is 27.3. The van der Waals surface area contributed by atoms with Crippen LogP contribution in [0.2, 0.25) is 0 Å². The molecule has 656 valence electrons. The van der Waals surface area contributed by atoms with Crippen molar-refractivity contribution in [3.63, 3.8) is 0 Å². The first-order valence-electron chi connectivity index (χ1n) is 49.5. The van der Waals surface area contributed by atoms with E-state index in [4.69, 9.17) is 0 Å². The molecule has 32 rings (SSSR count). The van der Waals surface area contributed by atoms with Gasteiger partial charge in [0.05, 0.1) is 49.3 Å². The molecule has 3 aromatic heterocycles. The van der Waals surface area contributed by atoms with Crippen LogP contribution in [0.3, 0.4) is 0 Å². The molecule has 0 saturated heterocycles. The van der Waals surface area contributed by atoms with Gasteiger partial charge in [0, 0.05) is 71.5 Å². The van der Waals surface area contributed by atoms with Crippen LogP contribution in [0.4, 0.5) is 0 Å². The van der Waals surface area contributed by atoms with Crippen LogP contribution in [-0.4, -0.2) is 13.7 Å². The molecule has 0 amide bonds. The lowest BCUT2D eigenvalue weighted by molar-refractivity contribution is 0.660. The van der Waals surface area contributed by atoms with E-state index in [2.05, 4.69) is 531 Å². The first-order chi connectivity index (χ1) is 69.8. The average molecular weight is 1790 g/mol. The second-order valence-electron chi connectivity index (χ2n) is 39.7. The molecule has 0 aliphatic heterocycles. The highest BCUT2D eigenvalue weighted by molar-refractivity contribution is 6.21. The van der Waals surface area contributed by atoms with Gasteiger partial charge in [-0.25, -0.2) is 0 Å². The van der Waals surface area contributed by atoms with Gasteiger partial charge in [-0.2, -0.15) is 0 Å². The average Bonchev–Trinajstić information content (AvgIpc) is 1.50. The van der Waals surface area contributed by atoms with Gasteiger partial charge in [-0.05, 0) is 233 Å². The van der Waals surface area contributed by atoms with E-state index in [1.54, 1.807) is 0 Å². The first-order valence-corrected chi connectivity index (χ1v) is 49.5. The van der Waals surface area contributed by atoms with Crippen LogP contribution in [-0.2, 0) is 21.7 Å². The Morgan fingerprint density at radius 1 is 0.142 bits per heavy atom. The van der Waals surface area contributed by atoms with Gasteiger partial charge in [0.1, 0.15) is 0 Å². The Morgan fingerprint density at radius 3 is 0.738 bits per heavy atom. The zero-order valence-corrected chi connectivity index (χ0v) is 77.8. The summed E-state index contributed by atoms with van der Waals surface area (Å²) in [5.41, 5.74) is 55.2. The summed E-state index contributed by atoms with van der Waals surface area (Å²) in [6, 6.07) is 187. The second-order valence-corrected chi connectivity index (χ2v) is 39.7. The van der Waals surface area contributed by atoms with Crippen LogP contribution < -0.4 is 0 Å². The molecule has 0 N–H and O–H groups in total. The summed E-state index contributed by atoms with van der Waals surface area (Å²) in [5, 5.41) is 7.70. The fraction of sp³-hybridized carbons (Fsp3) is 0.0435. The summed E-state index contributed by atoms with van der Waals surface area (Å²) in [7, 11) is 0. The molecule has 3 spiro atoms. The Labute approximate surface area is 818 Å². The molecule has 3 heteroatoms. The van der Waals surface area contributed by atoms with Crippen molar-refractivity contribution < 1.29 is 0 Å². The van der Waals surface area contributed by atoms with Gasteiger partial charge in [0.2, 0.25) is 0 Å². The Balaban J connectivity index is 0.0000000994. The molecule has 0 saturated carbocycles. The monoisotopic (exact) mass is 1790 g/mol. The normalized spacial score (nSPS) is 14.1. The van der Waals surface area contributed by atoms with E-state index in [0.717, 1.165) is 5.69 Å². The minimum atomic E-state index is -0.388. The van der Waals surface area contributed by atoms with Crippen molar-refractivity contribution in [2.24, 2.45) is 0 Å². The molecular formula is C138H89N3. The number of fused-ring (bicyclic) bond motifs is 45. The molecule has 7 aliphatic carbocycles. The topological polar surface area (TPSA) is 14.8 Å². The number of aromatic nitrogens is 3. The van der Waals surface area contributed by atoms with Gasteiger partial charge in [-0.1, -0.05) is 457 Å². The van der Waals surface area contributed by atoms with Gasteiger partial charge in [-0.15, -0.1) is 0 Å². The molecule has 3 nitrogen and oxygen atoms in total. The van der Waals surface area contributed by atoms with Crippen molar-refractivity contribution >= 4 is 65.4 Å². The Hall–Kier alpha value is -17.8. The molecular weight excluding hydrogens is 1700 g/mol. The molecule has 0 fully saturated rings. The lowest BCUT2D eigenvalue weighted by Crippen LogP contribution is -2.25. The Morgan fingerprint density at radius 2 is 0.383 bits per heavy atom. The van der Waals surface area contributed by atoms with E-state index in [1.807, 2.05) is 0 Å². The molecule has 25 aromatic rings. The summed E-state index contributed by atoms with van der Waals surface area (Å²) in [6.45, 7) is 4.75. The fourth-order valence-corrected chi connectivity index (χ4v) is 27.3. The van der Waals surface area contributed by atoms with Crippen molar-refractivity contribution in [2.75, 3.05) is 0 Å². The van der Waals surface area contributed by atoms with Gasteiger partial charge in [0.25, 0.3) is 0 Å². The maximum absolute atomic E-state index is 2.56. The summed E-state index contributed by atoms with van der Waals surface area (Å²) in [4.78, 5) is 0. The van der Waals surface area contributed by atoms with Crippen LogP contribution in [0.15, 0.2) is 504 Å². The summed E-state index contributed by atoms with van der Waals surface area (Å²) >= 11 is 0. The molecule has 141 heavy (non-hydrogen) atoms. The van der Waals surface area contributed by atoms with E-state index < -0.39 is 0 Å². The number of nitrogens with zero attached hydrogens (tertiary/aromatic N) is 3. The quantitative estimate of drug-likeness (QED) is 0.158. The molecule has 0 unspecified atom stereocenters. The summed E-state index contributed by atoms with van der Waals surface area (Å²) in [6.07, 6.45) is 0. The second kappa shape index (κ2) is 29.9. The maximum Gasteiger partial charge on any atom is 0.0726 e. The minimum Gasteiger partial charge on any atom is -0.309 e. The van der Waals surface area contributed by atoms with Crippen LogP contribution in [0.1, 0.15) is 91.7 Å². The number of hydrogen-bond donors (Lipinski definition) is 0. The molecule has 7 aliphatic rings. The van der Waals surface area contributed by atoms with Crippen molar-refractivity contribution in [3.05, 3.63) is 581 Å². The van der Waals surface area contributed by atoms with Crippen molar-refractivity contribution in [2.45, 2.75) is 35.5 Å². The van der Waals surface area contributed by atoms with Crippen LogP contribution in [0.25, 0.3) is 194 Å². The van der Waals surface area contributed by atoms with Gasteiger partial charge < -0.3 is 13.7 Å². The highest BCUT2D eigenvalue weighted by atomic mass is 15.0. The molecule has 0 radical (unpaired) electrons.